The molecule has 1 aliphatic rings. The van der Waals surface area contributed by atoms with E-state index in [1.807, 2.05) is 25.1 Å². The summed E-state index contributed by atoms with van der Waals surface area (Å²) in [6.07, 6.45) is 1.56. The normalized spacial score (nSPS) is 17.9. The van der Waals surface area contributed by atoms with Crippen LogP contribution in [0.25, 0.3) is 0 Å². The van der Waals surface area contributed by atoms with Crippen molar-refractivity contribution in [1.29, 1.82) is 0 Å². The van der Waals surface area contributed by atoms with Crippen LogP contribution in [0.4, 0.5) is 0 Å². The molecule has 0 aromatic heterocycles. The van der Waals surface area contributed by atoms with E-state index >= 15 is 0 Å². The highest BCUT2D eigenvalue weighted by Crippen LogP contribution is 2.21. The van der Waals surface area contributed by atoms with Gasteiger partial charge in [0.05, 0.1) is 25.4 Å². The van der Waals surface area contributed by atoms with Crippen LogP contribution in [0.5, 0.6) is 5.75 Å². The van der Waals surface area contributed by atoms with Crippen molar-refractivity contribution in [3.63, 3.8) is 0 Å². The van der Waals surface area contributed by atoms with Crippen molar-refractivity contribution in [2.45, 2.75) is 19.8 Å². The van der Waals surface area contributed by atoms with Crippen molar-refractivity contribution in [2.75, 3.05) is 26.4 Å². The zero-order valence-corrected chi connectivity index (χ0v) is 11.3. The Morgan fingerprint density at radius 1 is 1.47 bits per heavy atom. The molecule has 0 aliphatic carbocycles. The third-order valence-corrected chi connectivity index (χ3v) is 3.09. The van der Waals surface area contributed by atoms with Gasteiger partial charge in [0.15, 0.2) is 0 Å². The fourth-order valence-corrected chi connectivity index (χ4v) is 2.00. The van der Waals surface area contributed by atoms with E-state index in [1.165, 1.54) is 0 Å². The van der Waals surface area contributed by atoms with Crippen molar-refractivity contribution in [3.8, 4) is 17.6 Å². The Bertz CT molecular complexity index is 465. The summed E-state index contributed by atoms with van der Waals surface area (Å²) in [4.78, 5) is 0. The fourth-order valence-electron chi connectivity index (χ4n) is 2.00. The van der Waals surface area contributed by atoms with Gasteiger partial charge in [0, 0.05) is 18.9 Å². The third-order valence-electron chi connectivity index (χ3n) is 3.09. The fraction of sp³-hybridized carbons (Fsp3) is 0.500. The predicted octanol–water partition coefficient (Wildman–Crippen LogP) is 2.14. The summed E-state index contributed by atoms with van der Waals surface area (Å²) in [6.45, 7) is 4.43. The van der Waals surface area contributed by atoms with E-state index in [-0.39, 0.29) is 6.61 Å². The van der Waals surface area contributed by atoms with E-state index in [1.54, 1.807) is 0 Å². The zero-order chi connectivity index (χ0) is 13.5. The third kappa shape index (κ3) is 4.27. The molecule has 102 valence electrons. The van der Waals surface area contributed by atoms with Gasteiger partial charge in [0.1, 0.15) is 5.75 Å². The minimum atomic E-state index is 0.0917. The highest BCUT2D eigenvalue weighted by atomic mass is 16.5. The Labute approximate surface area is 114 Å². The van der Waals surface area contributed by atoms with Gasteiger partial charge in [-0.05, 0) is 31.0 Å². The van der Waals surface area contributed by atoms with Crippen LogP contribution in [0.2, 0.25) is 0 Å². The Balaban J connectivity index is 2.03. The molecule has 1 N–H and O–H groups in total. The molecule has 0 amide bonds. The first-order valence-electron chi connectivity index (χ1n) is 6.70. The quantitative estimate of drug-likeness (QED) is 0.843. The van der Waals surface area contributed by atoms with E-state index in [9.17, 15) is 0 Å². The highest BCUT2D eigenvalue weighted by molar-refractivity contribution is 5.48. The molecular formula is C16H20O3. The van der Waals surface area contributed by atoms with E-state index < -0.39 is 0 Å². The van der Waals surface area contributed by atoms with Crippen LogP contribution >= 0.6 is 0 Å². The van der Waals surface area contributed by atoms with Crippen LogP contribution < -0.4 is 4.74 Å². The second-order valence-electron chi connectivity index (χ2n) is 4.82. The van der Waals surface area contributed by atoms with E-state index in [2.05, 4.69) is 11.8 Å². The molecule has 1 fully saturated rings. The summed E-state index contributed by atoms with van der Waals surface area (Å²) in [5.74, 6) is 7.31. The summed E-state index contributed by atoms with van der Waals surface area (Å²) in [7, 11) is 0. The van der Waals surface area contributed by atoms with Crippen molar-refractivity contribution >= 4 is 0 Å². The minimum Gasteiger partial charge on any atom is -0.492 e. The standard InChI is InChI=1S/C16H20O3/c1-13-5-6-16(15(10-13)4-2-3-8-17)19-12-14-7-9-18-11-14/h5-6,10,14,17H,3,7-9,11-12H2,1H3. The molecule has 3 heteroatoms. The van der Waals surface area contributed by atoms with Gasteiger partial charge in [-0.3, -0.25) is 0 Å². The molecule has 1 unspecified atom stereocenters. The number of hydrogen-bond acceptors (Lipinski definition) is 3. The number of aliphatic hydroxyl groups is 1. The number of aryl methyl sites for hydroxylation is 1. The van der Waals surface area contributed by atoms with Crippen LogP contribution in [0.3, 0.4) is 0 Å². The summed E-state index contributed by atoms with van der Waals surface area (Å²) < 4.78 is 11.2. The maximum Gasteiger partial charge on any atom is 0.134 e. The zero-order valence-electron chi connectivity index (χ0n) is 11.3. The van der Waals surface area contributed by atoms with Gasteiger partial charge in [-0.15, -0.1) is 0 Å². The first kappa shape index (κ1) is 13.9. The van der Waals surface area contributed by atoms with E-state index in [4.69, 9.17) is 14.6 Å². The average Bonchev–Trinajstić information content (AvgIpc) is 2.91. The lowest BCUT2D eigenvalue weighted by atomic mass is 10.1. The van der Waals surface area contributed by atoms with Gasteiger partial charge in [-0.25, -0.2) is 0 Å². The summed E-state index contributed by atoms with van der Waals surface area (Å²) in [6, 6.07) is 6.01. The first-order chi connectivity index (χ1) is 9.29. The second kappa shape index (κ2) is 7.18. The van der Waals surface area contributed by atoms with Gasteiger partial charge < -0.3 is 14.6 Å². The number of ether oxygens (including phenoxy) is 2. The molecule has 1 aliphatic heterocycles. The highest BCUT2D eigenvalue weighted by Gasteiger charge is 2.16. The van der Waals surface area contributed by atoms with Crippen LogP contribution in [0.15, 0.2) is 18.2 Å². The average molecular weight is 260 g/mol. The Morgan fingerprint density at radius 2 is 2.37 bits per heavy atom. The van der Waals surface area contributed by atoms with Gasteiger partial charge >= 0.3 is 0 Å². The number of hydrogen-bond donors (Lipinski definition) is 1. The summed E-state index contributed by atoms with van der Waals surface area (Å²) in [5.41, 5.74) is 2.05. The molecule has 1 saturated heterocycles. The van der Waals surface area contributed by atoms with Crippen molar-refractivity contribution in [1.82, 2.24) is 0 Å². The van der Waals surface area contributed by atoms with E-state index in [0.717, 1.165) is 36.5 Å². The van der Waals surface area contributed by atoms with Gasteiger partial charge in [0.2, 0.25) is 0 Å². The van der Waals surface area contributed by atoms with Gasteiger partial charge in [0.25, 0.3) is 0 Å². The molecule has 19 heavy (non-hydrogen) atoms. The predicted molar refractivity (Wildman–Crippen MR) is 74.2 cm³/mol. The van der Waals surface area contributed by atoms with E-state index in [0.29, 0.717) is 18.9 Å². The lowest BCUT2D eigenvalue weighted by Crippen LogP contribution is -2.12. The van der Waals surface area contributed by atoms with Crippen molar-refractivity contribution in [3.05, 3.63) is 29.3 Å². The van der Waals surface area contributed by atoms with Crippen LogP contribution in [-0.2, 0) is 4.74 Å². The molecule has 0 bridgehead atoms. The van der Waals surface area contributed by atoms with Crippen molar-refractivity contribution in [2.24, 2.45) is 5.92 Å². The summed E-state index contributed by atoms with van der Waals surface area (Å²) in [5, 5.41) is 8.77. The number of benzene rings is 1. The molecule has 0 radical (unpaired) electrons. The molecule has 1 heterocycles. The Morgan fingerprint density at radius 3 is 3.11 bits per heavy atom. The van der Waals surface area contributed by atoms with Crippen LogP contribution in [-0.4, -0.2) is 31.5 Å². The Kier molecular flexibility index (Phi) is 5.26. The van der Waals surface area contributed by atoms with Crippen molar-refractivity contribution < 1.29 is 14.6 Å². The monoisotopic (exact) mass is 260 g/mol. The molecular weight excluding hydrogens is 240 g/mol. The minimum absolute atomic E-state index is 0.0917. The molecule has 2 rings (SSSR count). The maximum absolute atomic E-state index is 8.77. The lowest BCUT2D eigenvalue weighted by Gasteiger charge is -2.12. The smallest absolute Gasteiger partial charge is 0.134 e. The maximum atomic E-state index is 8.77. The topological polar surface area (TPSA) is 38.7 Å². The number of rotatable bonds is 4. The lowest BCUT2D eigenvalue weighted by molar-refractivity contribution is 0.167. The Hall–Kier alpha value is -1.50. The van der Waals surface area contributed by atoms with Crippen LogP contribution in [0.1, 0.15) is 24.0 Å². The van der Waals surface area contributed by atoms with Crippen LogP contribution in [0, 0.1) is 24.7 Å². The molecule has 0 saturated carbocycles. The summed E-state index contributed by atoms with van der Waals surface area (Å²) >= 11 is 0. The molecule has 1 aromatic carbocycles. The van der Waals surface area contributed by atoms with Gasteiger partial charge in [-0.1, -0.05) is 17.9 Å². The number of aliphatic hydroxyl groups excluding tert-OH is 1. The second-order valence-corrected chi connectivity index (χ2v) is 4.82. The van der Waals surface area contributed by atoms with Gasteiger partial charge in [-0.2, -0.15) is 0 Å². The molecule has 3 nitrogen and oxygen atoms in total. The first-order valence-corrected chi connectivity index (χ1v) is 6.70. The largest absolute Gasteiger partial charge is 0.492 e. The molecule has 1 atom stereocenters. The molecule has 1 aromatic rings. The SMILES string of the molecule is Cc1ccc(OCC2CCOC2)c(C#CCCO)c1. The molecule has 0 spiro atoms.